The second-order valence-electron chi connectivity index (χ2n) is 7.67. The summed E-state index contributed by atoms with van der Waals surface area (Å²) in [6.45, 7) is 1.69. The van der Waals surface area contributed by atoms with Gasteiger partial charge in [0.1, 0.15) is 0 Å². The Morgan fingerprint density at radius 3 is 2.37 bits per heavy atom. The molecule has 0 bridgehead atoms. The van der Waals surface area contributed by atoms with Crippen LogP contribution in [0.3, 0.4) is 0 Å². The van der Waals surface area contributed by atoms with Gasteiger partial charge in [-0.3, -0.25) is 4.79 Å². The molecule has 1 aliphatic rings. The molecular formula is C24H26N2O3S. The summed E-state index contributed by atoms with van der Waals surface area (Å²) in [5.74, 6) is -0.0169. The Bertz CT molecular complexity index is 1130. The summed E-state index contributed by atoms with van der Waals surface area (Å²) in [6, 6.07) is 21.1. The summed E-state index contributed by atoms with van der Waals surface area (Å²) >= 11 is 0. The third-order valence-corrected chi connectivity index (χ3v) is 7.54. The molecule has 5 nitrogen and oxygen atoms in total. The number of sulfonamides is 1. The predicted molar refractivity (Wildman–Crippen MR) is 119 cm³/mol. The number of carbonyl (C=O) groups is 1. The van der Waals surface area contributed by atoms with Crippen molar-refractivity contribution in [3.8, 4) is 0 Å². The van der Waals surface area contributed by atoms with Gasteiger partial charge >= 0.3 is 0 Å². The van der Waals surface area contributed by atoms with Gasteiger partial charge in [0.25, 0.3) is 0 Å². The maximum absolute atomic E-state index is 12.6. The summed E-state index contributed by atoms with van der Waals surface area (Å²) in [4.78, 5) is 12.6. The van der Waals surface area contributed by atoms with E-state index in [-0.39, 0.29) is 5.91 Å². The van der Waals surface area contributed by atoms with Gasteiger partial charge in [-0.25, -0.2) is 8.42 Å². The molecule has 0 atom stereocenters. The summed E-state index contributed by atoms with van der Waals surface area (Å²) in [6.07, 6.45) is 2.78. The average Bonchev–Trinajstić information content (AvgIpc) is 3.32. The van der Waals surface area contributed by atoms with E-state index in [4.69, 9.17) is 0 Å². The van der Waals surface area contributed by atoms with Crippen molar-refractivity contribution in [3.05, 3.63) is 77.9 Å². The average molecular weight is 423 g/mol. The van der Waals surface area contributed by atoms with Crippen molar-refractivity contribution < 1.29 is 13.2 Å². The van der Waals surface area contributed by atoms with E-state index in [1.165, 1.54) is 0 Å². The molecule has 1 amide bonds. The van der Waals surface area contributed by atoms with E-state index in [0.29, 0.717) is 37.4 Å². The Hall–Kier alpha value is -2.70. The molecule has 0 spiro atoms. The Morgan fingerprint density at radius 1 is 0.900 bits per heavy atom. The van der Waals surface area contributed by atoms with Crippen molar-refractivity contribution in [1.82, 2.24) is 9.62 Å². The molecule has 1 saturated heterocycles. The number of rotatable bonds is 7. The zero-order valence-electron chi connectivity index (χ0n) is 16.9. The maximum atomic E-state index is 12.6. The van der Waals surface area contributed by atoms with E-state index in [2.05, 4.69) is 23.5 Å². The monoisotopic (exact) mass is 422 g/mol. The molecule has 0 aliphatic carbocycles. The highest BCUT2D eigenvalue weighted by Crippen LogP contribution is 2.21. The van der Waals surface area contributed by atoms with Crippen LogP contribution in [-0.4, -0.2) is 31.7 Å². The first-order chi connectivity index (χ1) is 14.5. The highest BCUT2D eigenvalue weighted by molar-refractivity contribution is 7.89. The van der Waals surface area contributed by atoms with Crippen LogP contribution in [0.5, 0.6) is 0 Å². The number of carbonyl (C=O) groups excluding carboxylic acids is 1. The molecule has 0 saturated carbocycles. The molecule has 0 radical (unpaired) electrons. The van der Waals surface area contributed by atoms with Gasteiger partial charge in [-0.15, -0.1) is 0 Å². The Labute approximate surface area is 177 Å². The fourth-order valence-corrected chi connectivity index (χ4v) is 5.41. The summed E-state index contributed by atoms with van der Waals surface area (Å²) < 4.78 is 26.7. The molecule has 4 rings (SSSR count). The number of hydrogen-bond donors (Lipinski definition) is 1. The van der Waals surface area contributed by atoms with Crippen LogP contribution in [0, 0.1) is 0 Å². The van der Waals surface area contributed by atoms with Crippen molar-refractivity contribution in [2.75, 3.05) is 13.1 Å². The highest BCUT2D eigenvalue weighted by atomic mass is 32.2. The lowest BCUT2D eigenvalue weighted by Crippen LogP contribution is -2.27. The van der Waals surface area contributed by atoms with Crippen molar-refractivity contribution in [1.29, 1.82) is 0 Å². The van der Waals surface area contributed by atoms with E-state index >= 15 is 0 Å². The summed E-state index contributed by atoms with van der Waals surface area (Å²) in [5, 5.41) is 5.30. The van der Waals surface area contributed by atoms with Crippen LogP contribution < -0.4 is 5.32 Å². The van der Waals surface area contributed by atoms with Crippen LogP contribution in [0.4, 0.5) is 0 Å². The molecule has 156 valence electrons. The van der Waals surface area contributed by atoms with Crippen LogP contribution >= 0.6 is 0 Å². The second-order valence-corrected chi connectivity index (χ2v) is 9.61. The highest BCUT2D eigenvalue weighted by Gasteiger charge is 2.26. The Balaban J connectivity index is 1.31. The number of fused-ring (bicyclic) bond motifs is 1. The van der Waals surface area contributed by atoms with E-state index in [1.807, 2.05) is 24.3 Å². The minimum absolute atomic E-state index is 0.0169. The van der Waals surface area contributed by atoms with Crippen molar-refractivity contribution in [2.45, 2.75) is 37.1 Å². The maximum Gasteiger partial charge on any atom is 0.243 e. The lowest BCUT2D eigenvalue weighted by Gasteiger charge is -2.15. The van der Waals surface area contributed by atoms with Crippen LogP contribution in [0.15, 0.2) is 71.6 Å². The predicted octanol–water partition coefficient (Wildman–Crippen LogP) is 3.87. The van der Waals surface area contributed by atoms with Gasteiger partial charge in [0, 0.05) is 26.1 Å². The van der Waals surface area contributed by atoms with E-state index in [0.717, 1.165) is 34.7 Å². The summed E-state index contributed by atoms with van der Waals surface area (Å²) in [5.41, 5.74) is 2.05. The van der Waals surface area contributed by atoms with Crippen LogP contribution in [0.1, 0.15) is 30.4 Å². The second kappa shape index (κ2) is 8.98. The van der Waals surface area contributed by atoms with Gasteiger partial charge in [-0.05, 0) is 53.3 Å². The van der Waals surface area contributed by atoms with Gasteiger partial charge in [0.2, 0.25) is 15.9 Å². The molecule has 3 aromatic carbocycles. The van der Waals surface area contributed by atoms with Crippen LogP contribution in [0.2, 0.25) is 0 Å². The number of amides is 1. The topological polar surface area (TPSA) is 66.5 Å². The van der Waals surface area contributed by atoms with Gasteiger partial charge in [-0.1, -0.05) is 54.6 Å². The van der Waals surface area contributed by atoms with Crippen molar-refractivity contribution in [2.24, 2.45) is 0 Å². The zero-order chi connectivity index (χ0) is 21.0. The minimum atomic E-state index is -3.39. The summed E-state index contributed by atoms with van der Waals surface area (Å²) in [7, 11) is -3.39. The largest absolute Gasteiger partial charge is 0.352 e. The van der Waals surface area contributed by atoms with Gasteiger partial charge in [0.05, 0.1) is 4.90 Å². The molecule has 30 heavy (non-hydrogen) atoms. The first kappa shape index (κ1) is 20.6. The number of nitrogens with one attached hydrogen (secondary N) is 1. The van der Waals surface area contributed by atoms with Gasteiger partial charge in [0.15, 0.2) is 0 Å². The molecule has 1 heterocycles. The zero-order valence-corrected chi connectivity index (χ0v) is 17.7. The van der Waals surface area contributed by atoms with E-state index < -0.39 is 10.0 Å². The van der Waals surface area contributed by atoms with E-state index in [1.54, 1.807) is 28.6 Å². The van der Waals surface area contributed by atoms with Crippen LogP contribution in [-0.2, 0) is 27.8 Å². The fourth-order valence-electron chi connectivity index (χ4n) is 3.89. The SMILES string of the molecule is O=C(CCc1ccc(S(=O)(=O)N2CCCC2)cc1)NCc1cccc2ccccc12. The number of benzene rings is 3. The van der Waals surface area contributed by atoms with Crippen LogP contribution in [0.25, 0.3) is 10.8 Å². The normalized spacial score (nSPS) is 14.8. The van der Waals surface area contributed by atoms with E-state index in [9.17, 15) is 13.2 Å². The lowest BCUT2D eigenvalue weighted by molar-refractivity contribution is -0.121. The molecule has 1 aliphatic heterocycles. The molecular weight excluding hydrogens is 396 g/mol. The number of hydrogen-bond acceptors (Lipinski definition) is 3. The fraction of sp³-hybridized carbons (Fsp3) is 0.292. The quantitative estimate of drug-likeness (QED) is 0.628. The molecule has 1 fully saturated rings. The Morgan fingerprint density at radius 2 is 1.60 bits per heavy atom. The first-order valence-electron chi connectivity index (χ1n) is 10.4. The Kier molecular flexibility index (Phi) is 6.16. The molecule has 3 aromatic rings. The number of nitrogens with zero attached hydrogens (tertiary/aromatic N) is 1. The number of aryl methyl sites for hydroxylation is 1. The van der Waals surface area contributed by atoms with Gasteiger partial charge < -0.3 is 5.32 Å². The van der Waals surface area contributed by atoms with Gasteiger partial charge in [-0.2, -0.15) is 4.31 Å². The molecule has 0 unspecified atom stereocenters. The molecule has 6 heteroatoms. The minimum Gasteiger partial charge on any atom is -0.352 e. The smallest absolute Gasteiger partial charge is 0.243 e. The molecule has 0 aromatic heterocycles. The van der Waals surface area contributed by atoms with Crippen molar-refractivity contribution in [3.63, 3.8) is 0 Å². The standard InChI is InChI=1S/C24H26N2O3S/c27-24(25-18-21-8-5-7-20-6-1-2-9-23(20)21)15-12-19-10-13-22(14-11-19)30(28,29)26-16-3-4-17-26/h1-2,5-11,13-14H,3-4,12,15-18H2,(H,25,27). The third-order valence-electron chi connectivity index (χ3n) is 5.62. The van der Waals surface area contributed by atoms with Crippen molar-refractivity contribution >= 4 is 26.7 Å². The first-order valence-corrected chi connectivity index (χ1v) is 11.8. The lowest BCUT2D eigenvalue weighted by atomic mass is 10.0. The molecule has 1 N–H and O–H groups in total. The third kappa shape index (κ3) is 4.55.